The zero-order valence-electron chi connectivity index (χ0n) is 12.0. The molecule has 0 aliphatic heterocycles. The summed E-state index contributed by atoms with van der Waals surface area (Å²) in [4.78, 5) is 10.9. The monoisotopic (exact) mass is 316 g/mol. The summed E-state index contributed by atoms with van der Waals surface area (Å²) in [5, 5.41) is 9.12. The average Bonchev–Trinajstić information content (AvgIpc) is 2.38. The molecule has 1 rings (SSSR count). The Morgan fingerprint density at radius 3 is 2.67 bits per heavy atom. The van der Waals surface area contributed by atoms with Gasteiger partial charge in [-0.05, 0) is 24.6 Å². The van der Waals surface area contributed by atoms with Gasteiger partial charge in [0, 0.05) is 18.8 Å². The number of rotatable bonds is 8. The molecule has 8 heteroatoms. The summed E-state index contributed by atoms with van der Waals surface area (Å²) in [6, 6.07) is 3.26. The van der Waals surface area contributed by atoms with Crippen LogP contribution < -0.4 is 10.5 Å². The van der Waals surface area contributed by atoms with E-state index in [-0.39, 0.29) is 22.8 Å². The van der Waals surface area contributed by atoms with Gasteiger partial charge in [0.2, 0.25) is 10.0 Å². The molecule has 0 saturated carbocycles. The lowest BCUT2D eigenvalue weighted by Crippen LogP contribution is -2.38. The molecule has 1 aromatic rings. The SMILES string of the molecule is CCCC(COC)NS(=O)(=O)c1ccc(N)cc1C(=O)O. The van der Waals surface area contributed by atoms with Crippen molar-refractivity contribution >= 4 is 21.7 Å². The predicted octanol–water partition coefficient (Wildman–Crippen LogP) is 1.06. The molecule has 1 unspecified atom stereocenters. The Morgan fingerprint density at radius 2 is 2.14 bits per heavy atom. The summed E-state index contributed by atoms with van der Waals surface area (Å²) in [6.07, 6.45) is 1.36. The highest BCUT2D eigenvalue weighted by Gasteiger charge is 2.25. The minimum absolute atomic E-state index is 0.188. The number of methoxy groups -OCH3 is 1. The Hall–Kier alpha value is -1.64. The second kappa shape index (κ2) is 7.39. The molecule has 0 aliphatic rings. The number of anilines is 1. The largest absolute Gasteiger partial charge is 0.478 e. The van der Waals surface area contributed by atoms with Gasteiger partial charge in [0.25, 0.3) is 0 Å². The van der Waals surface area contributed by atoms with Crippen molar-refractivity contribution in [2.45, 2.75) is 30.7 Å². The van der Waals surface area contributed by atoms with Crippen molar-refractivity contribution in [1.29, 1.82) is 0 Å². The Balaban J connectivity index is 3.15. The highest BCUT2D eigenvalue weighted by Crippen LogP contribution is 2.19. The lowest BCUT2D eigenvalue weighted by Gasteiger charge is -2.18. The molecule has 0 aromatic heterocycles. The molecule has 0 fully saturated rings. The summed E-state index contributed by atoms with van der Waals surface area (Å²) in [5.41, 5.74) is 5.34. The maximum atomic E-state index is 12.4. The molecule has 4 N–H and O–H groups in total. The van der Waals surface area contributed by atoms with E-state index >= 15 is 0 Å². The topological polar surface area (TPSA) is 119 Å². The number of hydrogen-bond acceptors (Lipinski definition) is 5. The normalized spacial score (nSPS) is 13.0. The lowest BCUT2D eigenvalue weighted by molar-refractivity contribution is 0.0692. The van der Waals surface area contributed by atoms with Crippen molar-refractivity contribution in [3.63, 3.8) is 0 Å². The molecule has 0 bridgehead atoms. The van der Waals surface area contributed by atoms with Crippen LogP contribution in [0.2, 0.25) is 0 Å². The van der Waals surface area contributed by atoms with Crippen molar-refractivity contribution in [1.82, 2.24) is 4.72 Å². The van der Waals surface area contributed by atoms with Gasteiger partial charge in [-0.2, -0.15) is 0 Å². The second-order valence-electron chi connectivity index (χ2n) is 4.62. The first-order chi connectivity index (χ1) is 9.81. The van der Waals surface area contributed by atoms with Gasteiger partial charge in [-0.15, -0.1) is 0 Å². The first-order valence-corrected chi connectivity index (χ1v) is 7.94. The number of benzene rings is 1. The van der Waals surface area contributed by atoms with Gasteiger partial charge in [-0.1, -0.05) is 13.3 Å². The van der Waals surface area contributed by atoms with Crippen molar-refractivity contribution in [2.24, 2.45) is 0 Å². The first-order valence-electron chi connectivity index (χ1n) is 6.46. The number of ether oxygens (including phenoxy) is 1. The fourth-order valence-electron chi connectivity index (χ4n) is 1.96. The van der Waals surface area contributed by atoms with Gasteiger partial charge >= 0.3 is 5.97 Å². The van der Waals surface area contributed by atoms with Gasteiger partial charge < -0.3 is 15.6 Å². The number of nitrogens with one attached hydrogen (secondary N) is 1. The van der Waals surface area contributed by atoms with Gasteiger partial charge in [-0.3, -0.25) is 0 Å². The van der Waals surface area contributed by atoms with Crippen LogP contribution in [0.15, 0.2) is 23.1 Å². The average molecular weight is 316 g/mol. The number of sulfonamides is 1. The Bertz CT molecular complexity index is 595. The molecule has 0 saturated heterocycles. The number of nitrogens with two attached hydrogens (primary N) is 1. The van der Waals surface area contributed by atoms with Crippen LogP contribution in [-0.2, 0) is 14.8 Å². The van der Waals surface area contributed by atoms with E-state index < -0.39 is 22.0 Å². The highest BCUT2D eigenvalue weighted by molar-refractivity contribution is 7.89. The fourth-order valence-corrected chi connectivity index (χ4v) is 3.39. The third-order valence-corrected chi connectivity index (χ3v) is 4.43. The van der Waals surface area contributed by atoms with E-state index in [1.807, 2.05) is 6.92 Å². The van der Waals surface area contributed by atoms with Gasteiger partial charge in [0.15, 0.2) is 0 Å². The Morgan fingerprint density at radius 1 is 1.48 bits per heavy atom. The second-order valence-corrected chi connectivity index (χ2v) is 6.31. The summed E-state index contributed by atoms with van der Waals surface area (Å²) >= 11 is 0. The minimum atomic E-state index is -3.96. The minimum Gasteiger partial charge on any atom is -0.478 e. The van der Waals surface area contributed by atoms with E-state index in [0.717, 1.165) is 12.5 Å². The third kappa shape index (κ3) is 4.69. The Labute approximate surface area is 124 Å². The molecule has 21 heavy (non-hydrogen) atoms. The van der Waals surface area contributed by atoms with E-state index in [0.29, 0.717) is 6.42 Å². The Kier molecular flexibility index (Phi) is 6.13. The molecule has 0 amide bonds. The number of carbonyl (C=O) groups is 1. The van der Waals surface area contributed by atoms with E-state index in [1.54, 1.807) is 0 Å². The zero-order chi connectivity index (χ0) is 16.0. The summed E-state index contributed by atoms with van der Waals surface area (Å²) in [7, 11) is -2.49. The molecule has 0 aliphatic carbocycles. The molecule has 118 valence electrons. The smallest absolute Gasteiger partial charge is 0.337 e. The van der Waals surface area contributed by atoms with Crippen LogP contribution in [-0.4, -0.2) is 39.3 Å². The molecular formula is C13H20N2O5S. The lowest BCUT2D eigenvalue weighted by atomic mass is 10.2. The maximum Gasteiger partial charge on any atom is 0.337 e. The number of aromatic carboxylic acids is 1. The first kappa shape index (κ1) is 17.4. The molecule has 1 aromatic carbocycles. The number of carboxylic acid groups (broad SMARTS) is 1. The van der Waals surface area contributed by atoms with E-state index in [9.17, 15) is 13.2 Å². The van der Waals surface area contributed by atoms with Crippen LogP contribution in [0.1, 0.15) is 30.1 Å². The van der Waals surface area contributed by atoms with Crippen molar-refractivity contribution < 1.29 is 23.1 Å². The van der Waals surface area contributed by atoms with Gasteiger partial charge in [0.05, 0.1) is 17.1 Å². The van der Waals surface area contributed by atoms with Crippen molar-refractivity contribution in [3.8, 4) is 0 Å². The quantitative estimate of drug-likeness (QED) is 0.617. The van der Waals surface area contributed by atoms with E-state index in [2.05, 4.69) is 4.72 Å². The highest BCUT2D eigenvalue weighted by atomic mass is 32.2. The van der Waals surface area contributed by atoms with Gasteiger partial charge in [-0.25, -0.2) is 17.9 Å². The zero-order valence-corrected chi connectivity index (χ0v) is 12.8. The summed E-state index contributed by atoms with van der Waals surface area (Å²) in [6.45, 7) is 2.13. The van der Waals surface area contributed by atoms with Crippen LogP contribution in [0.25, 0.3) is 0 Å². The maximum absolute atomic E-state index is 12.4. The molecule has 0 radical (unpaired) electrons. The van der Waals surface area contributed by atoms with Crippen LogP contribution >= 0.6 is 0 Å². The standard InChI is InChI=1S/C13H20N2O5S/c1-3-4-10(8-20-2)15-21(18,19)12-6-5-9(14)7-11(12)13(16)17/h5-7,10,15H,3-4,8,14H2,1-2H3,(H,16,17). The third-order valence-electron chi connectivity index (χ3n) is 2.85. The van der Waals surface area contributed by atoms with Crippen molar-refractivity contribution in [2.75, 3.05) is 19.5 Å². The van der Waals surface area contributed by atoms with E-state index in [1.165, 1.54) is 19.2 Å². The summed E-state index contributed by atoms with van der Waals surface area (Å²) < 4.78 is 32.2. The predicted molar refractivity (Wildman–Crippen MR) is 78.7 cm³/mol. The molecule has 0 spiro atoms. The molecule has 1 atom stereocenters. The van der Waals surface area contributed by atoms with Crippen LogP contribution in [0.3, 0.4) is 0 Å². The van der Waals surface area contributed by atoms with Crippen LogP contribution in [0.4, 0.5) is 5.69 Å². The fraction of sp³-hybridized carbons (Fsp3) is 0.462. The van der Waals surface area contributed by atoms with E-state index in [4.69, 9.17) is 15.6 Å². The van der Waals surface area contributed by atoms with Gasteiger partial charge in [0.1, 0.15) is 0 Å². The van der Waals surface area contributed by atoms with Crippen LogP contribution in [0.5, 0.6) is 0 Å². The molecule has 0 heterocycles. The molecular weight excluding hydrogens is 296 g/mol. The number of nitrogen functional groups attached to an aromatic ring is 1. The molecule has 7 nitrogen and oxygen atoms in total. The number of carboxylic acids is 1. The van der Waals surface area contributed by atoms with Crippen molar-refractivity contribution in [3.05, 3.63) is 23.8 Å². The number of hydrogen-bond donors (Lipinski definition) is 3. The summed E-state index contributed by atoms with van der Waals surface area (Å²) in [5.74, 6) is -1.35. The van der Waals surface area contributed by atoms with Crippen LogP contribution in [0, 0.1) is 0 Å².